The van der Waals surface area contributed by atoms with Crippen LogP contribution in [0.4, 0.5) is 0 Å². The highest BCUT2D eigenvalue weighted by atomic mass is 16.5. The summed E-state index contributed by atoms with van der Waals surface area (Å²) in [6.45, 7) is 3.60. The standard InChI is InChI=1S/C19H23N3O/c1-14-6-5-7-15(10-14)12-21-19(20-2)22-13-17-11-16-8-3-4-9-18(16)23-17/h3-10,17H,11-13H2,1-2H3,(H2,20,21,22). The molecule has 1 aliphatic heterocycles. The summed E-state index contributed by atoms with van der Waals surface area (Å²) >= 11 is 0. The number of fused-ring (bicyclic) bond motifs is 1. The van der Waals surface area contributed by atoms with Crippen molar-refractivity contribution in [2.45, 2.75) is 26.0 Å². The number of hydrogen-bond acceptors (Lipinski definition) is 2. The lowest BCUT2D eigenvalue weighted by atomic mass is 10.1. The first-order valence-corrected chi connectivity index (χ1v) is 7.99. The molecule has 0 bridgehead atoms. The average Bonchev–Trinajstić information content (AvgIpc) is 2.98. The van der Waals surface area contributed by atoms with Gasteiger partial charge in [-0.2, -0.15) is 0 Å². The van der Waals surface area contributed by atoms with Gasteiger partial charge in [0.1, 0.15) is 11.9 Å². The molecule has 4 heteroatoms. The molecule has 0 saturated heterocycles. The lowest BCUT2D eigenvalue weighted by Crippen LogP contribution is -2.41. The fraction of sp³-hybridized carbons (Fsp3) is 0.316. The highest BCUT2D eigenvalue weighted by Crippen LogP contribution is 2.27. The predicted octanol–water partition coefficient (Wildman–Crippen LogP) is 2.66. The zero-order valence-electron chi connectivity index (χ0n) is 13.7. The quantitative estimate of drug-likeness (QED) is 0.674. The molecular weight excluding hydrogens is 286 g/mol. The fourth-order valence-electron chi connectivity index (χ4n) is 2.81. The van der Waals surface area contributed by atoms with E-state index in [1.54, 1.807) is 7.05 Å². The Labute approximate surface area is 137 Å². The van der Waals surface area contributed by atoms with Gasteiger partial charge in [0, 0.05) is 20.0 Å². The Kier molecular flexibility index (Phi) is 4.81. The molecule has 0 amide bonds. The van der Waals surface area contributed by atoms with E-state index in [0.717, 1.165) is 31.2 Å². The Morgan fingerprint density at radius 2 is 2.04 bits per heavy atom. The van der Waals surface area contributed by atoms with Gasteiger partial charge in [0.05, 0.1) is 6.54 Å². The largest absolute Gasteiger partial charge is 0.488 e. The van der Waals surface area contributed by atoms with E-state index in [4.69, 9.17) is 4.74 Å². The molecule has 23 heavy (non-hydrogen) atoms. The van der Waals surface area contributed by atoms with E-state index in [0.29, 0.717) is 0 Å². The Morgan fingerprint density at radius 3 is 2.83 bits per heavy atom. The van der Waals surface area contributed by atoms with Gasteiger partial charge in [0.15, 0.2) is 5.96 Å². The van der Waals surface area contributed by atoms with Crippen molar-refractivity contribution in [1.29, 1.82) is 0 Å². The Morgan fingerprint density at radius 1 is 1.17 bits per heavy atom. The Hall–Kier alpha value is -2.49. The lowest BCUT2D eigenvalue weighted by Gasteiger charge is -2.15. The maximum Gasteiger partial charge on any atom is 0.191 e. The summed E-state index contributed by atoms with van der Waals surface area (Å²) in [6.07, 6.45) is 1.10. The molecular formula is C19H23N3O. The Balaban J connectivity index is 1.47. The molecule has 1 heterocycles. The second kappa shape index (κ2) is 7.18. The van der Waals surface area contributed by atoms with Gasteiger partial charge in [-0.25, -0.2) is 0 Å². The average molecular weight is 309 g/mol. The van der Waals surface area contributed by atoms with Gasteiger partial charge in [-0.1, -0.05) is 48.0 Å². The van der Waals surface area contributed by atoms with Crippen LogP contribution < -0.4 is 15.4 Å². The van der Waals surface area contributed by atoms with Crippen molar-refractivity contribution in [1.82, 2.24) is 10.6 Å². The highest BCUT2D eigenvalue weighted by Gasteiger charge is 2.22. The first-order chi connectivity index (χ1) is 11.2. The van der Waals surface area contributed by atoms with Gasteiger partial charge in [-0.15, -0.1) is 0 Å². The van der Waals surface area contributed by atoms with Gasteiger partial charge in [-0.05, 0) is 24.1 Å². The van der Waals surface area contributed by atoms with E-state index in [1.807, 2.05) is 12.1 Å². The first kappa shape index (κ1) is 15.4. The number of nitrogens with zero attached hydrogens (tertiary/aromatic N) is 1. The molecule has 0 aromatic heterocycles. The van der Waals surface area contributed by atoms with E-state index < -0.39 is 0 Å². The number of benzene rings is 2. The summed E-state index contributed by atoms with van der Waals surface area (Å²) in [6, 6.07) is 16.7. The van der Waals surface area contributed by atoms with Crippen LogP contribution in [-0.4, -0.2) is 25.7 Å². The molecule has 2 N–H and O–H groups in total. The van der Waals surface area contributed by atoms with Gasteiger partial charge in [0.25, 0.3) is 0 Å². The van der Waals surface area contributed by atoms with Crippen molar-refractivity contribution < 1.29 is 4.74 Å². The molecule has 0 saturated carbocycles. The van der Waals surface area contributed by atoms with Crippen LogP contribution in [-0.2, 0) is 13.0 Å². The second-order valence-electron chi connectivity index (χ2n) is 5.85. The minimum Gasteiger partial charge on any atom is -0.488 e. The number of aliphatic imine (C=N–C) groups is 1. The normalized spacial score (nSPS) is 16.6. The number of ether oxygens (including phenoxy) is 1. The molecule has 2 aromatic rings. The van der Waals surface area contributed by atoms with E-state index in [9.17, 15) is 0 Å². The first-order valence-electron chi connectivity index (χ1n) is 7.99. The van der Waals surface area contributed by atoms with Crippen LogP contribution in [0, 0.1) is 6.92 Å². The van der Waals surface area contributed by atoms with Crippen LogP contribution in [0.5, 0.6) is 5.75 Å². The maximum absolute atomic E-state index is 5.94. The topological polar surface area (TPSA) is 45.7 Å². The minimum atomic E-state index is 0.157. The molecule has 1 aliphatic rings. The lowest BCUT2D eigenvalue weighted by molar-refractivity contribution is 0.235. The van der Waals surface area contributed by atoms with Gasteiger partial charge >= 0.3 is 0 Å². The summed E-state index contributed by atoms with van der Waals surface area (Å²) < 4.78 is 5.94. The second-order valence-corrected chi connectivity index (χ2v) is 5.85. The smallest absolute Gasteiger partial charge is 0.191 e. The molecule has 2 aromatic carbocycles. The van der Waals surface area contributed by atoms with Crippen molar-refractivity contribution >= 4 is 5.96 Å². The summed E-state index contributed by atoms with van der Waals surface area (Å²) in [5.41, 5.74) is 3.80. The van der Waals surface area contributed by atoms with Crippen LogP contribution in [0.3, 0.4) is 0 Å². The molecule has 3 rings (SSSR count). The highest BCUT2D eigenvalue weighted by molar-refractivity contribution is 5.79. The monoisotopic (exact) mass is 309 g/mol. The third-order valence-electron chi connectivity index (χ3n) is 3.98. The van der Waals surface area contributed by atoms with Crippen LogP contribution in [0.25, 0.3) is 0 Å². The van der Waals surface area contributed by atoms with Crippen LogP contribution in [0.2, 0.25) is 0 Å². The van der Waals surface area contributed by atoms with E-state index in [2.05, 4.69) is 58.9 Å². The SMILES string of the molecule is CN=C(NCc1cccc(C)c1)NCC1Cc2ccccc2O1. The molecule has 0 radical (unpaired) electrons. The predicted molar refractivity (Wildman–Crippen MR) is 93.9 cm³/mol. The summed E-state index contributed by atoms with van der Waals surface area (Å²) in [4.78, 5) is 4.27. The summed E-state index contributed by atoms with van der Waals surface area (Å²) in [7, 11) is 1.79. The molecule has 4 nitrogen and oxygen atoms in total. The third kappa shape index (κ3) is 4.03. The zero-order chi connectivity index (χ0) is 16.1. The molecule has 0 fully saturated rings. The molecule has 0 spiro atoms. The van der Waals surface area contributed by atoms with Crippen LogP contribution in [0.15, 0.2) is 53.5 Å². The number of aryl methyl sites for hydroxylation is 1. The molecule has 1 unspecified atom stereocenters. The summed E-state index contributed by atoms with van der Waals surface area (Å²) in [5, 5.41) is 6.69. The molecule has 0 aliphatic carbocycles. The molecule has 120 valence electrons. The van der Waals surface area contributed by atoms with Crippen LogP contribution >= 0.6 is 0 Å². The number of rotatable bonds is 4. The van der Waals surface area contributed by atoms with Gasteiger partial charge < -0.3 is 15.4 Å². The number of nitrogens with one attached hydrogen (secondary N) is 2. The minimum absolute atomic E-state index is 0.157. The van der Waals surface area contributed by atoms with Gasteiger partial charge in [-0.3, -0.25) is 4.99 Å². The zero-order valence-corrected chi connectivity index (χ0v) is 13.7. The van der Waals surface area contributed by atoms with Crippen molar-refractivity contribution in [2.75, 3.05) is 13.6 Å². The molecule has 1 atom stereocenters. The van der Waals surface area contributed by atoms with Crippen molar-refractivity contribution in [3.63, 3.8) is 0 Å². The number of para-hydroxylation sites is 1. The van der Waals surface area contributed by atoms with Crippen LogP contribution in [0.1, 0.15) is 16.7 Å². The van der Waals surface area contributed by atoms with E-state index in [-0.39, 0.29) is 6.10 Å². The maximum atomic E-state index is 5.94. The fourth-order valence-corrected chi connectivity index (χ4v) is 2.81. The van der Waals surface area contributed by atoms with Crippen molar-refractivity contribution in [2.24, 2.45) is 4.99 Å². The Bertz CT molecular complexity index is 672. The van der Waals surface area contributed by atoms with Crippen molar-refractivity contribution in [3.05, 3.63) is 65.2 Å². The number of hydrogen-bond donors (Lipinski definition) is 2. The third-order valence-corrected chi connectivity index (χ3v) is 3.98. The van der Waals surface area contributed by atoms with E-state index >= 15 is 0 Å². The number of guanidine groups is 1. The van der Waals surface area contributed by atoms with Gasteiger partial charge in [0.2, 0.25) is 0 Å². The van der Waals surface area contributed by atoms with Crippen molar-refractivity contribution in [3.8, 4) is 5.75 Å². The van der Waals surface area contributed by atoms with E-state index in [1.165, 1.54) is 16.7 Å². The summed E-state index contributed by atoms with van der Waals surface area (Å²) in [5.74, 6) is 1.80.